The van der Waals surface area contributed by atoms with Crippen molar-refractivity contribution in [3.8, 4) is 17.1 Å². The van der Waals surface area contributed by atoms with E-state index < -0.39 is 0 Å². The molecule has 0 fully saturated rings. The fraction of sp³-hybridized carbons (Fsp3) is 0.0833. The summed E-state index contributed by atoms with van der Waals surface area (Å²) in [6, 6.07) is 25.0. The van der Waals surface area contributed by atoms with Crippen LogP contribution in [0.5, 0.6) is 0 Å². The van der Waals surface area contributed by atoms with Gasteiger partial charge in [0.1, 0.15) is 0 Å². The zero-order valence-corrected chi connectivity index (χ0v) is 20.7. The third kappa shape index (κ3) is 5.71. The number of hydrogen-bond acceptors (Lipinski definition) is 5. The summed E-state index contributed by atoms with van der Waals surface area (Å²) in [5.41, 5.74) is 5.83. The van der Waals surface area contributed by atoms with Crippen LogP contribution in [-0.2, 0) is 4.79 Å². The molecule has 3 aromatic carbocycles. The Labute approximate surface area is 209 Å². The number of carbonyl (C=O) groups is 1. The molecule has 0 aliphatic rings. The molecule has 0 saturated carbocycles. The minimum Gasteiger partial charge on any atom is -0.272 e. The first kappa shape index (κ1) is 23.2. The van der Waals surface area contributed by atoms with Crippen molar-refractivity contribution in [2.24, 2.45) is 5.10 Å². The van der Waals surface area contributed by atoms with Gasteiger partial charge in [0.05, 0.1) is 11.5 Å². The van der Waals surface area contributed by atoms with E-state index in [0.29, 0.717) is 21.7 Å². The Morgan fingerprint density at radius 3 is 2.45 bits per heavy atom. The van der Waals surface area contributed by atoms with Crippen LogP contribution in [0.2, 0.25) is 5.02 Å². The third-order valence-electron chi connectivity index (χ3n) is 4.69. The number of nitrogens with one attached hydrogen (secondary N) is 1. The van der Waals surface area contributed by atoms with Gasteiger partial charge < -0.3 is 0 Å². The van der Waals surface area contributed by atoms with Crippen molar-refractivity contribution in [2.45, 2.75) is 12.1 Å². The molecule has 0 saturated heterocycles. The second-order valence-electron chi connectivity index (χ2n) is 6.98. The van der Waals surface area contributed by atoms with Gasteiger partial charge in [-0.15, -0.1) is 10.2 Å². The monoisotopic (exact) mass is 539 g/mol. The fourth-order valence-electron chi connectivity index (χ4n) is 3.08. The van der Waals surface area contributed by atoms with Crippen LogP contribution in [0.4, 0.5) is 0 Å². The number of para-hydroxylation sites is 1. The first-order chi connectivity index (χ1) is 16.0. The quantitative estimate of drug-likeness (QED) is 0.178. The number of thioether (sulfide) groups is 1. The van der Waals surface area contributed by atoms with Crippen LogP contribution in [0.25, 0.3) is 17.1 Å². The lowest BCUT2D eigenvalue weighted by molar-refractivity contribution is -0.118. The Bertz CT molecular complexity index is 1290. The first-order valence-corrected chi connectivity index (χ1v) is 12.2. The number of rotatable bonds is 7. The number of benzene rings is 3. The number of hydrogen-bond donors (Lipinski definition) is 1. The first-order valence-electron chi connectivity index (χ1n) is 10.0. The maximum absolute atomic E-state index is 12.5. The van der Waals surface area contributed by atoms with E-state index in [0.717, 1.165) is 21.3 Å². The molecule has 0 aliphatic heterocycles. The Morgan fingerprint density at radius 2 is 1.73 bits per heavy atom. The molecule has 0 radical (unpaired) electrons. The molecule has 0 atom stereocenters. The van der Waals surface area contributed by atoms with Gasteiger partial charge in [-0.25, -0.2) is 5.43 Å². The SMILES string of the molecule is C/C(=N/NC(=O)CSc1nnc(-c2ccc(Br)cc2)n1-c1ccccc1)c1ccccc1Cl. The van der Waals surface area contributed by atoms with Crippen LogP contribution in [0.3, 0.4) is 0 Å². The molecule has 166 valence electrons. The second-order valence-corrected chi connectivity index (χ2v) is 9.25. The highest BCUT2D eigenvalue weighted by Crippen LogP contribution is 2.28. The molecular weight excluding hydrogens is 522 g/mol. The van der Waals surface area contributed by atoms with Gasteiger partial charge in [-0.2, -0.15) is 5.10 Å². The van der Waals surface area contributed by atoms with E-state index in [1.165, 1.54) is 11.8 Å². The molecule has 0 spiro atoms. The summed E-state index contributed by atoms with van der Waals surface area (Å²) >= 11 is 10.9. The van der Waals surface area contributed by atoms with Crippen molar-refractivity contribution in [1.82, 2.24) is 20.2 Å². The van der Waals surface area contributed by atoms with Gasteiger partial charge in [0.2, 0.25) is 0 Å². The number of amides is 1. The van der Waals surface area contributed by atoms with Crippen molar-refractivity contribution < 1.29 is 4.79 Å². The van der Waals surface area contributed by atoms with E-state index in [-0.39, 0.29) is 11.7 Å². The predicted octanol–water partition coefficient (Wildman–Crippen LogP) is 5.98. The zero-order chi connectivity index (χ0) is 23.2. The molecule has 1 aromatic heterocycles. The summed E-state index contributed by atoms with van der Waals surface area (Å²) in [6.07, 6.45) is 0. The van der Waals surface area contributed by atoms with E-state index in [1.807, 2.05) is 77.4 Å². The highest BCUT2D eigenvalue weighted by molar-refractivity contribution is 9.10. The summed E-state index contributed by atoms with van der Waals surface area (Å²) in [7, 11) is 0. The number of halogens is 2. The molecular formula is C24H19BrClN5OS. The topological polar surface area (TPSA) is 72.2 Å². The molecule has 33 heavy (non-hydrogen) atoms. The van der Waals surface area contributed by atoms with Crippen molar-refractivity contribution in [3.63, 3.8) is 0 Å². The van der Waals surface area contributed by atoms with Gasteiger partial charge in [0.25, 0.3) is 5.91 Å². The lowest BCUT2D eigenvalue weighted by Gasteiger charge is -2.10. The normalized spacial score (nSPS) is 11.4. The van der Waals surface area contributed by atoms with Crippen LogP contribution < -0.4 is 5.43 Å². The zero-order valence-electron chi connectivity index (χ0n) is 17.6. The van der Waals surface area contributed by atoms with E-state index >= 15 is 0 Å². The van der Waals surface area contributed by atoms with Gasteiger partial charge >= 0.3 is 0 Å². The Morgan fingerprint density at radius 1 is 1.03 bits per heavy atom. The molecule has 0 bridgehead atoms. The molecule has 1 N–H and O–H groups in total. The Hall–Kier alpha value is -2.94. The van der Waals surface area contributed by atoms with E-state index in [4.69, 9.17) is 11.6 Å². The van der Waals surface area contributed by atoms with Crippen molar-refractivity contribution in [2.75, 3.05) is 5.75 Å². The van der Waals surface area contributed by atoms with Crippen molar-refractivity contribution >= 4 is 50.9 Å². The van der Waals surface area contributed by atoms with Gasteiger partial charge in [0.15, 0.2) is 11.0 Å². The molecule has 6 nitrogen and oxygen atoms in total. The highest BCUT2D eigenvalue weighted by atomic mass is 79.9. The lowest BCUT2D eigenvalue weighted by atomic mass is 10.1. The van der Waals surface area contributed by atoms with Crippen LogP contribution >= 0.6 is 39.3 Å². The number of carbonyl (C=O) groups excluding carboxylic acids is 1. The molecule has 4 rings (SSSR count). The van der Waals surface area contributed by atoms with Crippen LogP contribution in [0.15, 0.2) is 93.6 Å². The minimum absolute atomic E-state index is 0.130. The lowest BCUT2D eigenvalue weighted by Crippen LogP contribution is -2.21. The van der Waals surface area contributed by atoms with Crippen LogP contribution in [0, 0.1) is 0 Å². The average molecular weight is 541 g/mol. The van der Waals surface area contributed by atoms with E-state index in [1.54, 1.807) is 13.0 Å². The fourth-order valence-corrected chi connectivity index (χ4v) is 4.36. The van der Waals surface area contributed by atoms with Crippen molar-refractivity contribution in [1.29, 1.82) is 0 Å². The number of aromatic nitrogens is 3. The summed E-state index contributed by atoms with van der Waals surface area (Å²) in [4.78, 5) is 12.5. The van der Waals surface area contributed by atoms with Gasteiger partial charge in [-0.1, -0.05) is 87.8 Å². The number of hydrazone groups is 1. The second kappa shape index (κ2) is 10.8. The van der Waals surface area contributed by atoms with Gasteiger partial charge in [0, 0.05) is 26.3 Å². The highest BCUT2D eigenvalue weighted by Gasteiger charge is 2.17. The average Bonchev–Trinajstić information content (AvgIpc) is 3.26. The maximum atomic E-state index is 12.5. The largest absolute Gasteiger partial charge is 0.272 e. The van der Waals surface area contributed by atoms with Gasteiger partial charge in [-0.05, 0) is 37.3 Å². The summed E-state index contributed by atoms with van der Waals surface area (Å²) in [5.74, 6) is 0.577. The third-order valence-corrected chi connectivity index (χ3v) is 6.48. The van der Waals surface area contributed by atoms with Gasteiger partial charge in [-0.3, -0.25) is 9.36 Å². The summed E-state index contributed by atoms with van der Waals surface area (Å²) < 4.78 is 2.93. The number of nitrogens with zero attached hydrogens (tertiary/aromatic N) is 4. The maximum Gasteiger partial charge on any atom is 0.250 e. The van der Waals surface area contributed by atoms with E-state index in [9.17, 15) is 4.79 Å². The molecule has 9 heteroatoms. The Balaban J connectivity index is 1.52. The predicted molar refractivity (Wildman–Crippen MR) is 137 cm³/mol. The minimum atomic E-state index is -0.251. The molecule has 0 aliphatic carbocycles. The molecule has 0 unspecified atom stereocenters. The Kier molecular flexibility index (Phi) is 7.59. The summed E-state index contributed by atoms with van der Waals surface area (Å²) in [6.45, 7) is 1.80. The van der Waals surface area contributed by atoms with Crippen molar-refractivity contribution in [3.05, 3.63) is 93.9 Å². The summed E-state index contributed by atoms with van der Waals surface area (Å²) in [5, 5.41) is 14.1. The van der Waals surface area contributed by atoms with E-state index in [2.05, 4.69) is 36.7 Å². The molecule has 1 heterocycles. The molecule has 1 amide bonds. The molecule has 4 aromatic rings. The van der Waals surface area contributed by atoms with Crippen LogP contribution in [-0.4, -0.2) is 32.1 Å². The standard InChI is InChI=1S/C24H19BrClN5OS/c1-16(20-9-5-6-10-21(20)26)27-28-22(32)15-33-24-30-29-23(17-11-13-18(25)14-12-17)31(24)19-7-3-2-4-8-19/h2-14H,15H2,1H3,(H,28,32)/b27-16-. The van der Waals surface area contributed by atoms with Crippen LogP contribution in [0.1, 0.15) is 12.5 Å². The smallest absolute Gasteiger partial charge is 0.250 e.